The fraction of sp³-hybridized carbons (Fsp3) is 0.0714. The summed E-state index contributed by atoms with van der Waals surface area (Å²) >= 11 is 0. The third-order valence-corrected chi connectivity index (χ3v) is 3.04. The lowest BCUT2D eigenvalue weighted by atomic mass is 10.0. The van der Waals surface area contributed by atoms with E-state index in [9.17, 15) is 4.39 Å². The Bertz CT molecular complexity index is 752. The van der Waals surface area contributed by atoms with Gasteiger partial charge in [0.1, 0.15) is 11.3 Å². The molecule has 0 saturated heterocycles. The summed E-state index contributed by atoms with van der Waals surface area (Å²) in [5, 5.41) is 0.857. The molecule has 3 rings (SSSR count). The Morgan fingerprint density at radius 1 is 1.26 bits per heavy atom. The van der Waals surface area contributed by atoms with E-state index in [0.717, 1.165) is 10.9 Å². The number of hydrogen-bond donors (Lipinski definition) is 2. The third-order valence-electron chi connectivity index (χ3n) is 3.04. The highest BCUT2D eigenvalue weighted by atomic mass is 19.1. The van der Waals surface area contributed by atoms with Gasteiger partial charge in [0.05, 0.1) is 7.11 Å². The molecule has 0 aliphatic rings. The van der Waals surface area contributed by atoms with Crippen molar-refractivity contribution in [3.8, 4) is 17.0 Å². The number of nitrogen functional groups attached to an aromatic ring is 1. The van der Waals surface area contributed by atoms with Gasteiger partial charge in [-0.25, -0.2) is 9.37 Å². The first kappa shape index (κ1) is 11.5. The molecule has 0 atom stereocenters. The highest BCUT2D eigenvalue weighted by molar-refractivity contribution is 5.97. The molecule has 0 amide bonds. The normalized spacial score (nSPS) is 10.8. The van der Waals surface area contributed by atoms with Crippen LogP contribution in [-0.2, 0) is 0 Å². The van der Waals surface area contributed by atoms with Crippen molar-refractivity contribution in [2.75, 3.05) is 12.8 Å². The van der Waals surface area contributed by atoms with Crippen LogP contribution in [0.2, 0.25) is 0 Å². The summed E-state index contributed by atoms with van der Waals surface area (Å²) in [6.45, 7) is 0. The Balaban J connectivity index is 2.28. The van der Waals surface area contributed by atoms with E-state index >= 15 is 0 Å². The maximum absolute atomic E-state index is 14.0. The van der Waals surface area contributed by atoms with Crippen LogP contribution in [0.5, 0.6) is 5.88 Å². The van der Waals surface area contributed by atoms with Crippen molar-refractivity contribution in [1.29, 1.82) is 0 Å². The highest BCUT2D eigenvalue weighted by Gasteiger charge is 2.13. The van der Waals surface area contributed by atoms with Crippen LogP contribution in [-0.4, -0.2) is 17.1 Å². The van der Waals surface area contributed by atoms with Gasteiger partial charge >= 0.3 is 0 Å². The molecule has 0 saturated carbocycles. The van der Waals surface area contributed by atoms with Gasteiger partial charge in [0.25, 0.3) is 0 Å². The smallest absolute Gasteiger partial charge is 0.238 e. The molecule has 3 N–H and O–H groups in total. The van der Waals surface area contributed by atoms with Crippen LogP contribution in [0.25, 0.3) is 22.0 Å². The molecule has 0 unspecified atom stereocenters. The number of aromatic nitrogens is 2. The van der Waals surface area contributed by atoms with E-state index in [1.807, 2.05) is 6.07 Å². The molecule has 3 aromatic rings. The Hall–Kier alpha value is -2.56. The molecule has 5 heteroatoms. The number of rotatable bonds is 2. The van der Waals surface area contributed by atoms with Crippen LogP contribution < -0.4 is 10.5 Å². The standard InChI is InChI=1S/C14H12FN3O/c1-19-14-13-10(4-5-17-13)11(7-18-14)9-3-2-8(16)6-12(9)15/h2-7,17H,16H2,1H3. The summed E-state index contributed by atoms with van der Waals surface area (Å²) in [6.07, 6.45) is 3.37. The number of ether oxygens (including phenoxy) is 1. The molecule has 4 nitrogen and oxygen atoms in total. The molecule has 19 heavy (non-hydrogen) atoms. The van der Waals surface area contributed by atoms with E-state index in [-0.39, 0.29) is 5.82 Å². The molecule has 0 radical (unpaired) electrons. The number of nitrogens with two attached hydrogens (primary N) is 1. The Morgan fingerprint density at radius 2 is 2.11 bits per heavy atom. The first-order valence-electron chi connectivity index (χ1n) is 5.76. The van der Waals surface area contributed by atoms with Crippen molar-refractivity contribution < 1.29 is 9.13 Å². The number of nitrogens with zero attached hydrogens (tertiary/aromatic N) is 1. The number of aromatic amines is 1. The second-order valence-corrected chi connectivity index (χ2v) is 4.19. The van der Waals surface area contributed by atoms with E-state index in [1.165, 1.54) is 6.07 Å². The number of hydrogen-bond acceptors (Lipinski definition) is 3. The van der Waals surface area contributed by atoms with Crippen LogP contribution in [0.1, 0.15) is 0 Å². The van der Waals surface area contributed by atoms with Crippen molar-refractivity contribution >= 4 is 16.6 Å². The first-order valence-corrected chi connectivity index (χ1v) is 5.76. The number of halogens is 1. The number of anilines is 1. The zero-order chi connectivity index (χ0) is 13.4. The van der Waals surface area contributed by atoms with Gasteiger partial charge in [-0.3, -0.25) is 0 Å². The number of nitrogens with one attached hydrogen (secondary N) is 1. The fourth-order valence-electron chi connectivity index (χ4n) is 2.15. The Labute approximate surface area is 109 Å². The summed E-state index contributed by atoms with van der Waals surface area (Å²) in [5.41, 5.74) is 7.87. The highest BCUT2D eigenvalue weighted by Crippen LogP contribution is 2.33. The predicted octanol–water partition coefficient (Wildman–Crippen LogP) is 2.96. The van der Waals surface area contributed by atoms with Gasteiger partial charge in [-0.15, -0.1) is 0 Å². The van der Waals surface area contributed by atoms with E-state index in [0.29, 0.717) is 22.7 Å². The number of benzene rings is 1. The van der Waals surface area contributed by atoms with Crippen molar-refractivity contribution in [2.45, 2.75) is 0 Å². The largest absolute Gasteiger partial charge is 0.479 e. The van der Waals surface area contributed by atoms with Gasteiger partial charge in [-0.2, -0.15) is 0 Å². The lowest BCUT2D eigenvalue weighted by Crippen LogP contribution is -1.93. The minimum absolute atomic E-state index is 0.366. The number of H-pyrrole nitrogens is 1. The van der Waals surface area contributed by atoms with Gasteiger partial charge in [0.15, 0.2) is 0 Å². The number of methoxy groups -OCH3 is 1. The summed E-state index contributed by atoms with van der Waals surface area (Å²) in [4.78, 5) is 7.23. The van der Waals surface area contributed by atoms with Crippen LogP contribution in [0, 0.1) is 5.82 Å². The molecule has 0 aliphatic heterocycles. The molecule has 96 valence electrons. The van der Waals surface area contributed by atoms with Crippen molar-refractivity contribution in [3.63, 3.8) is 0 Å². The first-order chi connectivity index (χ1) is 9.20. The molecule has 2 aromatic heterocycles. The van der Waals surface area contributed by atoms with Crippen molar-refractivity contribution in [2.24, 2.45) is 0 Å². The molecule has 0 fully saturated rings. The van der Waals surface area contributed by atoms with Crippen LogP contribution in [0.4, 0.5) is 10.1 Å². The van der Waals surface area contributed by atoms with Gasteiger partial charge in [-0.05, 0) is 24.3 Å². The number of pyridine rings is 1. The minimum atomic E-state index is -0.366. The Kier molecular flexibility index (Phi) is 2.59. The van der Waals surface area contributed by atoms with E-state index in [4.69, 9.17) is 10.5 Å². The second-order valence-electron chi connectivity index (χ2n) is 4.19. The second kappa shape index (κ2) is 4.28. The molecule has 2 heterocycles. The zero-order valence-electron chi connectivity index (χ0n) is 10.3. The van der Waals surface area contributed by atoms with Crippen molar-refractivity contribution in [3.05, 3.63) is 42.5 Å². The van der Waals surface area contributed by atoms with Crippen LogP contribution in [0.3, 0.4) is 0 Å². The van der Waals surface area contributed by atoms with E-state index < -0.39 is 0 Å². The van der Waals surface area contributed by atoms with E-state index in [2.05, 4.69) is 9.97 Å². The quantitative estimate of drug-likeness (QED) is 0.694. The summed E-state index contributed by atoms with van der Waals surface area (Å²) < 4.78 is 19.2. The maximum Gasteiger partial charge on any atom is 0.238 e. The summed E-state index contributed by atoms with van der Waals surface area (Å²) in [5.74, 6) is 0.120. The van der Waals surface area contributed by atoms with E-state index in [1.54, 1.807) is 31.6 Å². The average molecular weight is 257 g/mol. The monoisotopic (exact) mass is 257 g/mol. The summed E-state index contributed by atoms with van der Waals surface area (Å²) in [7, 11) is 1.55. The molecular weight excluding hydrogens is 245 g/mol. The maximum atomic E-state index is 14.0. The lowest BCUT2D eigenvalue weighted by molar-refractivity contribution is 0.402. The predicted molar refractivity (Wildman–Crippen MR) is 72.5 cm³/mol. The van der Waals surface area contributed by atoms with Crippen LogP contribution >= 0.6 is 0 Å². The molecule has 0 spiro atoms. The molecule has 0 bridgehead atoms. The lowest BCUT2D eigenvalue weighted by Gasteiger charge is -2.08. The minimum Gasteiger partial charge on any atom is -0.479 e. The SMILES string of the molecule is COc1ncc(-c2ccc(N)cc2F)c2cc[nH]c12. The van der Waals surface area contributed by atoms with Gasteiger partial charge in [0.2, 0.25) is 5.88 Å². The van der Waals surface area contributed by atoms with Gasteiger partial charge < -0.3 is 15.5 Å². The molecular formula is C14H12FN3O. The van der Waals surface area contributed by atoms with Gasteiger partial charge in [-0.1, -0.05) is 0 Å². The Morgan fingerprint density at radius 3 is 2.84 bits per heavy atom. The zero-order valence-corrected chi connectivity index (χ0v) is 10.3. The fourth-order valence-corrected chi connectivity index (χ4v) is 2.15. The summed E-state index contributed by atoms with van der Waals surface area (Å²) in [6, 6.07) is 6.49. The number of fused-ring (bicyclic) bond motifs is 1. The van der Waals surface area contributed by atoms with Gasteiger partial charge in [0, 0.05) is 34.6 Å². The third kappa shape index (κ3) is 1.79. The average Bonchev–Trinajstić information content (AvgIpc) is 2.87. The molecule has 1 aromatic carbocycles. The molecule has 0 aliphatic carbocycles. The van der Waals surface area contributed by atoms with Crippen molar-refractivity contribution in [1.82, 2.24) is 9.97 Å². The van der Waals surface area contributed by atoms with Crippen LogP contribution in [0.15, 0.2) is 36.7 Å². The topological polar surface area (TPSA) is 63.9 Å².